The minimum atomic E-state index is -0.679. The number of hydrogen-bond donors (Lipinski definition) is 3. The van der Waals surface area contributed by atoms with Crippen LogP contribution in [0.2, 0.25) is 0 Å². The van der Waals surface area contributed by atoms with E-state index < -0.39 is 11.9 Å². The van der Waals surface area contributed by atoms with Gasteiger partial charge in [-0.25, -0.2) is 0 Å². The zero-order valence-corrected chi connectivity index (χ0v) is 11.6. The number of halogens is 2. The Bertz CT molecular complexity index is 265. The molecule has 0 saturated heterocycles. The molecule has 0 fully saturated rings. The summed E-state index contributed by atoms with van der Waals surface area (Å²) in [5.41, 5.74) is 10.0. The summed E-state index contributed by atoms with van der Waals surface area (Å²) in [6, 6.07) is 0. The maximum absolute atomic E-state index is 10.5. The number of hydrogen-bond acceptors (Lipinski definition) is 4. The lowest BCUT2D eigenvalue weighted by Crippen LogP contribution is -2.11. The molecule has 88 valence electrons. The van der Waals surface area contributed by atoms with E-state index in [0.717, 1.165) is 11.4 Å². The summed E-state index contributed by atoms with van der Waals surface area (Å²) >= 11 is 5.99. The number of primary amides is 1. The molecular formula is C8H14Br2N2O3. The van der Waals surface area contributed by atoms with E-state index >= 15 is 0 Å². The molecule has 7 heteroatoms. The van der Waals surface area contributed by atoms with Gasteiger partial charge in [-0.15, -0.1) is 0 Å². The normalized spacial score (nSPS) is 12.1. The summed E-state index contributed by atoms with van der Waals surface area (Å²) < 4.78 is 4.44. The van der Waals surface area contributed by atoms with Gasteiger partial charge in [-0.1, -0.05) is 22.9 Å². The lowest BCUT2D eigenvalue weighted by molar-refractivity contribution is -0.113. The fourth-order valence-corrected chi connectivity index (χ4v) is 0.634. The number of alkyl halides is 1. The Morgan fingerprint density at radius 2 is 1.93 bits per heavy atom. The van der Waals surface area contributed by atoms with Crippen LogP contribution in [0.5, 0.6) is 0 Å². The van der Waals surface area contributed by atoms with Crippen molar-refractivity contribution in [2.75, 3.05) is 12.4 Å². The molecule has 0 radical (unpaired) electrons. The first-order valence-electron chi connectivity index (χ1n) is 3.86. The monoisotopic (exact) mass is 344 g/mol. The molecule has 0 heterocycles. The molecule has 0 aliphatic rings. The minimum Gasteiger partial charge on any atom is -0.479 e. The van der Waals surface area contributed by atoms with Crippen LogP contribution in [0.15, 0.2) is 22.2 Å². The number of nitrogens with two attached hydrogens (primary N) is 2. The number of carbonyl (C=O) groups is 1. The molecule has 1 amide bonds. The van der Waals surface area contributed by atoms with E-state index in [1.54, 1.807) is 0 Å². The van der Waals surface area contributed by atoms with Crippen molar-refractivity contribution in [3.8, 4) is 0 Å². The molecular weight excluding hydrogens is 332 g/mol. The maximum atomic E-state index is 10.5. The van der Waals surface area contributed by atoms with Gasteiger partial charge in [0.05, 0.1) is 11.6 Å². The van der Waals surface area contributed by atoms with E-state index in [2.05, 4.69) is 36.6 Å². The molecule has 0 aromatic carbocycles. The number of aliphatic hydroxyl groups excluding tert-OH is 1. The highest BCUT2D eigenvalue weighted by Gasteiger charge is 2.03. The molecule has 0 aromatic heterocycles. The molecule has 0 aromatic rings. The highest BCUT2D eigenvalue weighted by molar-refractivity contribution is 9.12. The summed E-state index contributed by atoms with van der Waals surface area (Å²) in [5.74, 6) is -1.14. The molecule has 0 atom stereocenters. The Balaban J connectivity index is 0. The molecule has 0 bridgehead atoms. The van der Waals surface area contributed by atoms with E-state index in [4.69, 9.17) is 16.6 Å². The van der Waals surface area contributed by atoms with Crippen LogP contribution < -0.4 is 11.5 Å². The van der Waals surface area contributed by atoms with Crippen LogP contribution in [0.4, 0.5) is 0 Å². The molecule has 0 spiro atoms. The van der Waals surface area contributed by atoms with Gasteiger partial charge in [0.1, 0.15) is 5.70 Å². The quantitative estimate of drug-likeness (QED) is 0.312. The number of carbonyl (C=O) groups excluding carboxylic acids is 1. The zero-order valence-electron chi connectivity index (χ0n) is 8.46. The van der Waals surface area contributed by atoms with Gasteiger partial charge in [-0.05, 0) is 22.0 Å². The number of rotatable bonds is 3. The average Bonchev–Trinajstić information content (AvgIpc) is 2.17. The van der Waals surface area contributed by atoms with E-state index in [-0.39, 0.29) is 10.2 Å². The van der Waals surface area contributed by atoms with Crippen LogP contribution >= 0.6 is 31.9 Å². The van der Waals surface area contributed by atoms with E-state index in [1.165, 1.54) is 7.11 Å². The Labute approximate surface area is 105 Å². The minimum absolute atomic E-state index is 0.0589. The smallest absolute Gasteiger partial charge is 0.300 e. The van der Waals surface area contributed by atoms with E-state index in [1.807, 2.05) is 6.92 Å². The molecule has 0 unspecified atom stereocenters. The first kappa shape index (κ1) is 16.7. The van der Waals surface area contributed by atoms with Crippen LogP contribution in [0.3, 0.4) is 0 Å². The fraction of sp³-hybridized carbons (Fsp3) is 0.375. The van der Waals surface area contributed by atoms with Crippen molar-refractivity contribution in [2.45, 2.75) is 6.92 Å². The van der Waals surface area contributed by atoms with Gasteiger partial charge in [-0.3, -0.25) is 4.79 Å². The molecule has 5 nitrogen and oxygen atoms in total. The SMILES string of the molecule is CCBr.CO/C(O)=C(N)\C=C(\Br)C(N)=O. The molecule has 15 heavy (non-hydrogen) atoms. The average molecular weight is 346 g/mol. The van der Waals surface area contributed by atoms with Crippen molar-refractivity contribution in [3.05, 3.63) is 22.2 Å². The first-order chi connectivity index (χ1) is 6.90. The molecule has 5 N–H and O–H groups in total. The second-order valence-electron chi connectivity index (χ2n) is 2.09. The zero-order chi connectivity index (χ0) is 12.4. The standard InChI is InChI=1S/C6H9BrN2O3.C2H5Br/c1-12-6(11)4(8)2-3(7)5(9)10;1-2-3/h2,11H,8H2,1H3,(H2,9,10);2H2,1H3/b3-2+,6-4+;. The van der Waals surface area contributed by atoms with Crippen LogP contribution in [0.1, 0.15) is 6.92 Å². The number of aliphatic hydroxyl groups is 1. The topological polar surface area (TPSA) is 98.6 Å². The summed E-state index contributed by atoms with van der Waals surface area (Å²) in [5, 5.41) is 9.93. The first-order valence-corrected chi connectivity index (χ1v) is 5.77. The van der Waals surface area contributed by atoms with E-state index in [9.17, 15) is 4.79 Å². The van der Waals surface area contributed by atoms with Crippen molar-refractivity contribution in [3.63, 3.8) is 0 Å². The molecule has 0 aliphatic carbocycles. The molecule has 0 rings (SSSR count). The van der Waals surface area contributed by atoms with Gasteiger partial charge in [-0.2, -0.15) is 0 Å². The van der Waals surface area contributed by atoms with Gasteiger partial charge < -0.3 is 21.3 Å². The van der Waals surface area contributed by atoms with Crippen LogP contribution in [0.25, 0.3) is 0 Å². The predicted octanol–water partition coefficient (Wildman–Crippen LogP) is 1.48. The predicted molar refractivity (Wildman–Crippen MR) is 66.5 cm³/mol. The summed E-state index contributed by atoms with van der Waals surface area (Å²) in [4.78, 5) is 10.5. The number of allylic oxidation sites excluding steroid dienone is 1. The Kier molecular flexibility index (Phi) is 11.0. The number of methoxy groups -OCH3 is 1. The van der Waals surface area contributed by atoms with Gasteiger partial charge in [0, 0.05) is 5.33 Å². The number of amides is 1. The third kappa shape index (κ3) is 9.61. The van der Waals surface area contributed by atoms with Crippen LogP contribution in [0, 0.1) is 0 Å². The van der Waals surface area contributed by atoms with Crippen molar-refractivity contribution in [2.24, 2.45) is 11.5 Å². The van der Waals surface area contributed by atoms with Crippen LogP contribution in [-0.4, -0.2) is 23.5 Å². The Morgan fingerprint density at radius 3 is 2.20 bits per heavy atom. The lowest BCUT2D eigenvalue weighted by Gasteiger charge is -1.99. The second kappa shape index (κ2) is 9.85. The highest BCUT2D eigenvalue weighted by Crippen LogP contribution is 2.07. The summed E-state index contributed by atoms with van der Waals surface area (Å²) in [7, 11) is 1.24. The molecule has 0 saturated carbocycles. The third-order valence-electron chi connectivity index (χ3n) is 0.958. The number of ether oxygens (including phenoxy) is 1. The van der Waals surface area contributed by atoms with Crippen molar-refractivity contribution in [1.82, 2.24) is 0 Å². The van der Waals surface area contributed by atoms with Crippen LogP contribution in [-0.2, 0) is 9.53 Å². The van der Waals surface area contributed by atoms with Gasteiger partial charge in [0.25, 0.3) is 5.91 Å². The van der Waals surface area contributed by atoms with Gasteiger partial charge in [0.15, 0.2) is 0 Å². The van der Waals surface area contributed by atoms with E-state index in [0.29, 0.717) is 0 Å². The maximum Gasteiger partial charge on any atom is 0.300 e. The Hall–Kier alpha value is -0.690. The lowest BCUT2D eigenvalue weighted by atomic mass is 10.4. The fourth-order valence-electron chi connectivity index (χ4n) is 0.387. The molecule has 0 aliphatic heterocycles. The van der Waals surface area contributed by atoms with Crippen molar-refractivity contribution >= 4 is 37.8 Å². The van der Waals surface area contributed by atoms with Crippen molar-refractivity contribution in [1.29, 1.82) is 0 Å². The summed E-state index contributed by atoms with van der Waals surface area (Å²) in [6.45, 7) is 2.04. The summed E-state index contributed by atoms with van der Waals surface area (Å²) in [6.07, 6.45) is 1.15. The highest BCUT2D eigenvalue weighted by atomic mass is 79.9. The largest absolute Gasteiger partial charge is 0.479 e. The Morgan fingerprint density at radius 1 is 1.53 bits per heavy atom. The van der Waals surface area contributed by atoms with Gasteiger partial charge in [0.2, 0.25) is 0 Å². The second-order valence-corrected chi connectivity index (χ2v) is 4.06. The third-order valence-corrected chi connectivity index (χ3v) is 1.58. The van der Waals surface area contributed by atoms with Crippen molar-refractivity contribution < 1.29 is 14.6 Å². The van der Waals surface area contributed by atoms with Gasteiger partial charge >= 0.3 is 5.95 Å².